The van der Waals surface area contributed by atoms with E-state index in [0.717, 1.165) is 5.56 Å². The van der Waals surface area contributed by atoms with E-state index >= 15 is 0 Å². The molecule has 0 unspecified atom stereocenters. The van der Waals surface area contributed by atoms with Crippen LogP contribution >= 0.6 is 11.6 Å². The first-order valence-corrected chi connectivity index (χ1v) is 10.9. The molecule has 0 amide bonds. The molecule has 0 spiro atoms. The van der Waals surface area contributed by atoms with Gasteiger partial charge in [0, 0.05) is 31.6 Å². The maximum absolute atomic E-state index is 13.1. The van der Waals surface area contributed by atoms with Crippen molar-refractivity contribution in [3.8, 4) is 5.75 Å². The second kappa shape index (κ2) is 7.67. The Labute approximate surface area is 170 Å². The summed E-state index contributed by atoms with van der Waals surface area (Å²) in [5, 5.41) is 15.8. The number of halogens is 1. The zero-order valence-corrected chi connectivity index (χ0v) is 18.1. The van der Waals surface area contributed by atoms with Crippen LogP contribution in [0.5, 0.6) is 5.75 Å². The fourth-order valence-electron chi connectivity index (χ4n) is 3.80. The number of aryl methyl sites for hydroxylation is 2. The molecule has 1 fully saturated rings. The number of piperidine rings is 1. The van der Waals surface area contributed by atoms with Gasteiger partial charge in [0.05, 0.1) is 24.1 Å². The number of benzene rings is 1. The predicted octanol–water partition coefficient (Wildman–Crippen LogP) is 2.46. The molecule has 1 aromatic heterocycles. The summed E-state index contributed by atoms with van der Waals surface area (Å²) >= 11 is 6.01. The first kappa shape index (κ1) is 21.1. The molecule has 2 heterocycles. The third-order valence-corrected chi connectivity index (χ3v) is 7.85. The molecule has 0 atom stereocenters. The molecule has 0 radical (unpaired) electrons. The van der Waals surface area contributed by atoms with Crippen molar-refractivity contribution in [1.29, 1.82) is 0 Å². The van der Waals surface area contributed by atoms with Crippen molar-refractivity contribution in [3.63, 3.8) is 0 Å². The van der Waals surface area contributed by atoms with Gasteiger partial charge in [-0.05, 0) is 44.4 Å². The number of rotatable bonds is 5. The molecule has 7 nitrogen and oxygen atoms in total. The minimum absolute atomic E-state index is 0.252. The molecule has 0 saturated carbocycles. The number of ether oxygens (including phenoxy) is 1. The number of nitrogens with zero attached hydrogens (tertiary/aromatic N) is 3. The number of sulfonamides is 1. The smallest absolute Gasteiger partial charge is 0.246 e. The van der Waals surface area contributed by atoms with Gasteiger partial charge in [-0.1, -0.05) is 17.7 Å². The summed E-state index contributed by atoms with van der Waals surface area (Å²) in [5.41, 5.74) is 0.965. The Hall–Kier alpha value is -1.61. The first-order chi connectivity index (χ1) is 13.1. The third-order valence-electron chi connectivity index (χ3n) is 5.46. The number of hydrogen-bond donors (Lipinski definition) is 1. The van der Waals surface area contributed by atoms with Gasteiger partial charge in [-0.3, -0.25) is 4.68 Å². The fourth-order valence-corrected chi connectivity index (χ4v) is 5.80. The Morgan fingerprint density at radius 2 is 1.93 bits per heavy atom. The van der Waals surface area contributed by atoms with Crippen molar-refractivity contribution < 1.29 is 18.3 Å². The Kier molecular flexibility index (Phi) is 5.78. The Morgan fingerprint density at radius 3 is 2.46 bits per heavy atom. The highest BCUT2D eigenvalue weighted by Gasteiger charge is 2.39. The second-order valence-electron chi connectivity index (χ2n) is 7.38. The lowest BCUT2D eigenvalue weighted by molar-refractivity contribution is -0.00482. The highest BCUT2D eigenvalue weighted by Crippen LogP contribution is 2.34. The molecule has 2 aromatic rings. The normalized spacial score (nSPS) is 17.6. The standard InChI is InChI=1S/C19H26ClN3O4S/c1-13-18(14(2)22(3)21-13)28(25,26)23-9-7-19(24,8-10-23)12-15-5-6-16(20)11-17(15)27-4/h5-6,11,24H,7-10,12H2,1-4H3. The van der Waals surface area contributed by atoms with Gasteiger partial charge in [0.15, 0.2) is 0 Å². The van der Waals surface area contributed by atoms with Gasteiger partial charge in [0.1, 0.15) is 10.6 Å². The zero-order valence-electron chi connectivity index (χ0n) is 16.6. The summed E-state index contributed by atoms with van der Waals surface area (Å²) in [6.07, 6.45) is 1.07. The minimum atomic E-state index is -3.65. The van der Waals surface area contributed by atoms with Crippen LogP contribution in [-0.2, 0) is 23.5 Å². The van der Waals surface area contributed by atoms with Crippen LogP contribution in [0.2, 0.25) is 5.02 Å². The fraction of sp³-hybridized carbons (Fsp3) is 0.526. The van der Waals surface area contributed by atoms with E-state index in [1.165, 1.54) is 4.31 Å². The van der Waals surface area contributed by atoms with Crippen molar-refractivity contribution in [2.75, 3.05) is 20.2 Å². The second-order valence-corrected chi connectivity index (χ2v) is 9.70. The van der Waals surface area contributed by atoms with E-state index < -0.39 is 15.6 Å². The zero-order chi connectivity index (χ0) is 20.7. The molecule has 1 saturated heterocycles. The largest absolute Gasteiger partial charge is 0.496 e. The summed E-state index contributed by atoms with van der Waals surface area (Å²) in [4.78, 5) is 0.264. The maximum Gasteiger partial charge on any atom is 0.246 e. The van der Waals surface area contributed by atoms with Gasteiger partial charge in [-0.15, -0.1) is 0 Å². The van der Waals surface area contributed by atoms with Gasteiger partial charge in [0.2, 0.25) is 10.0 Å². The number of aromatic nitrogens is 2. The van der Waals surface area contributed by atoms with Crippen molar-refractivity contribution in [1.82, 2.24) is 14.1 Å². The molecule has 28 heavy (non-hydrogen) atoms. The van der Waals surface area contributed by atoms with Crippen molar-refractivity contribution in [3.05, 3.63) is 40.2 Å². The molecule has 154 valence electrons. The van der Waals surface area contributed by atoms with Crippen LogP contribution in [0.4, 0.5) is 0 Å². The Bertz CT molecular complexity index is 979. The molecule has 0 aliphatic carbocycles. The van der Waals surface area contributed by atoms with Gasteiger partial charge in [0.25, 0.3) is 0 Å². The van der Waals surface area contributed by atoms with E-state index in [4.69, 9.17) is 16.3 Å². The SMILES string of the molecule is COc1cc(Cl)ccc1CC1(O)CCN(S(=O)(=O)c2c(C)nn(C)c2C)CC1. The number of hydrogen-bond acceptors (Lipinski definition) is 5. The third kappa shape index (κ3) is 3.91. The summed E-state index contributed by atoms with van der Waals surface area (Å²) in [6, 6.07) is 5.31. The van der Waals surface area contributed by atoms with Crippen LogP contribution in [-0.4, -0.2) is 53.4 Å². The quantitative estimate of drug-likeness (QED) is 0.792. The molecule has 1 aliphatic heterocycles. The highest BCUT2D eigenvalue weighted by molar-refractivity contribution is 7.89. The lowest BCUT2D eigenvalue weighted by Gasteiger charge is -2.37. The Morgan fingerprint density at radius 1 is 1.29 bits per heavy atom. The van der Waals surface area contributed by atoms with E-state index in [1.807, 2.05) is 6.07 Å². The van der Waals surface area contributed by atoms with E-state index in [9.17, 15) is 13.5 Å². The van der Waals surface area contributed by atoms with Gasteiger partial charge in [-0.2, -0.15) is 9.40 Å². The number of aliphatic hydroxyl groups is 1. The summed E-state index contributed by atoms with van der Waals surface area (Å²) < 4.78 is 34.6. The van der Waals surface area contributed by atoms with Crippen molar-refractivity contribution in [2.24, 2.45) is 7.05 Å². The van der Waals surface area contributed by atoms with Crippen LogP contribution in [0.1, 0.15) is 29.8 Å². The van der Waals surface area contributed by atoms with E-state index in [0.29, 0.717) is 41.4 Å². The molecular weight excluding hydrogens is 402 g/mol. The van der Waals surface area contributed by atoms with Gasteiger partial charge in [-0.25, -0.2) is 8.42 Å². The molecular formula is C19H26ClN3O4S. The van der Waals surface area contributed by atoms with Gasteiger partial charge < -0.3 is 9.84 Å². The monoisotopic (exact) mass is 427 g/mol. The summed E-state index contributed by atoms with van der Waals surface area (Å²) in [5.74, 6) is 0.623. The van der Waals surface area contributed by atoms with Crippen molar-refractivity contribution >= 4 is 21.6 Å². The molecule has 3 rings (SSSR count). The van der Waals surface area contributed by atoms with E-state index in [2.05, 4.69) is 5.10 Å². The average molecular weight is 428 g/mol. The minimum Gasteiger partial charge on any atom is -0.496 e. The van der Waals surface area contributed by atoms with E-state index in [1.54, 1.807) is 44.8 Å². The van der Waals surface area contributed by atoms with Crippen molar-refractivity contribution in [2.45, 2.75) is 43.6 Å². The van der Waals surface area contributed by atoms with E-state index in [-0.39, 0.29) is 18.0 Å². The van der Waals surface area contributed by atoms with Gasteiger partial charge >= 0.3 is 0 Å². The topological polar surface area (TPSA) is 84.7 Å². The molecule has 9 heteroatoms. The Balaban J connectivity index is 1.76. The highest BCUT2D eigenvalue weighted by atomic mass is 35.5. The average Bonchev–Trinajstić information content (AvgIpc) is 2.89. The lowest BCUT2D eigenvalue weighted by atomic mass is 9.86. The molecule has 1 N–H and O–H groups in total. The van der Waals surface area contributed by atoms with Crippen LogP contribution in [0.3, 0.4) is 0 Å². The van der Waals surface area contributed by atoms with Crippen LogP contribution in [0.15, 0.2) is 23.1 Å². The number of methoxy groups -OCH3 is 1. The summed E-state index contributed by atoms with van der Waals surface area (Å²) in [7, 11) is -0.353. The summed E-state index contributed by atoms with van der Waals surface area (Å²) in [6.45, 7) is 3.96. The molecule has 1 aromatic carbocycles. The molecule has 0 bridgehead atoms. The first-order valence-electron chi connectivity index (χ1n) is 9.12. The van der Waals surface area contributed by atoms with Crippen LogP contribution < -0.4 is 4.74 Å². The molecule has 1 aliphatic rings. The lowest BCUT2D eigenvalue weighted by Crippen LogP contribution is -2.47. The maximum atomic E-state index is 13.1. The predicted molar refractivity (Wildman–Crippen MR) is 107 cm³/mol. The van der Waals surface area contributed by atoms with Crippen LogP contribution in [0.25, 0.3) is 0 Å². The van der Waals surface area contributed by atoms with Crippen LogP contribution in [0, 0.1) is 13.8 Å².